The van der Waals surface area contributed by atoms with Crippen molar-refractivity contribution in [3.63, 3.8) is 0 Å². The van der Waals surface area contributed by atoms with Crippen LogP contribution in [0.5, 0.6) is 5.75 Å². The Labute approximate surface area is 156 Å². The molecule has 0 radical (unpaired) electrons. The van der Waals surface area contributed by atoms with Crippen LogP contribution in [0.4, 0.5) is 0 Å². The van der Waals surface area contributed by atoms with E-state index in [9.17, 15) is 13.2 Å². The topological polar surface area (TPSA) is 63.7 Å². The summed E-state index contributed by atoms with van der Waals surface area (Å²) in [5.41, 5.74) is 2.06. The molecule has 25 heavy (non-hydrogen) atoms. The largest absolute Gasteiger partial charge is 0.490 e. The number of thiocarbonyl (C=S) groups is 1. The molecule has 2 unspecified atom stereocenters. The van der Waals surface area contributed by atoms with Crippen LogP contribution in [-0.4, -0.2) is 47.2 Å². The van der Waals surface area contributed by atoms with E-state index < -0.39 is 9.84 Å². The van der Waals surface area contributed by atoms with Gasteiger partial charge in [0.1, 0.15) is 16.2 Å². The van der Waals surface area contributed by atoms with Gasteiger partial charge in [0.05, 0.1) is 22.5 Å². The Hall–Kier alpha value is -1.38. The van der Waals surface area contributed by atoms with E-state index in [1.54, 1.807) is 0 Å². The van der Waals surface area contributed by atoms with Gasteiger partial charge in [-0.25, -0.2) is 8.42 Å². The highest BCUT2D eigenvalue weighted by Gasteiger charge is 2.42. The van der Waals surface area contributed by atoms with Crippen LogP contribution < -0.4 is 4.74 Å². The monoisotopic (exact) mass is 395 g/mol. The minimum atomic E-state index is -3.06. The highest BCUT2D eigenvalue weighted by molar-refractivity contribution is 8.26. The van der Waals surface area contributed by atoms with Gasteiger partial charge >= 0.3 is 0 Å². The number of thioether (sulfide) groups is 1. The number of fused-ring (bicyclic) bond motifs is 1. The number of hydrogen-bond donors (Lipinski definition) is 0. The van der Waals surface area contributed by atoms with Crippen molar-refractivity contribution in [1.82, 2.24) is 4.90 Å². The number of rotatable bonds is 2. The van der Waals surface area contributed by atoms with Gasteiger partial charge in [-0.05, 0) is 42.7 Å². The van der Waals surface area contributed by atoms with Crippen LogP contribution in [-0.2, 0) is 21.1 Å². The van der Waals surface area contributed by atoms with Crippen LogP contribution >= 0.6 is 24.0 Å². The predicted molar refractivity (Wildman–Crippen MR) is 102 cm³/mol. The van der Waals surface area contributed by atoms with E-state index >= 15 is 0 Å². The van der Waals surface area contributed by atoms with Crippen molar-refractivity contribution >= 4 is 50.1 Å². The van der Waals surface area contributed by atoms with Crippen molar-refractivity contribution in [3.05, 3.63) is 34.2 Å². The molecule has 0 N–H and O–H groups in total. The second-order valence-electron chi connectivity index (χ2n) is 6.61. The normalized spacial score (nSPS) is 29.3. The van der Waals surface area contributed by atoms with Gasteiger partial charge in [-0.3, -0.25) is 9.69 Å². The third kappa shape index (κ3) is 3.22. The summed E-state index contributed by atoms with van der Waals surface area (Å²) in [5, 5.41) is 0. The zero-order valence-corrected chi connectivity index (χ0v) is 16.0. The zero-order valence-electron chi connectivity index (χ0n) is 13.6. The van der Waals surface area contributed by atoms with Crippen LogP contribution in [0.1, 0.15) is 24.5 Å². The molecule has 2 atom stereocenters. The Morgan fingerprint density at radius 3 is 2.92 bits per heavy atom. The molecule has 1 aromatic rings. The third-order valence-corrected chi connectivity index (χ3v) is 7.70. The number of carbonyl (C=O) groups is 1. The second-order valence-corrected chi connectivity index (χ2v) is 10.5. The molecule has 8 heteroatoms. The molecule has 2 saturated heterocycles. The van der Waals surface area contributed by atoms with E-state index in [-0.39, 0.29) is 29.6 Å². The fraction of sp³-hybridized carbons (Fsp3) is 0.412. The minimum Gasteiger partial charge on any atom is -0.490 e. The summed E-state index contributed by atoms with van der Waals surface area (Å²) in [6.45, 7) is 2.03. The lowest BCUT2D eigenvalue weighted by atomic mass is 10.1. The molecule has 5 nitrogen and oxygen atoms in total. The van der Waals surface area contributed by atoms with Crippen LogP contribution in [0.2, 0.25) is 0 Å². The van der Waals surface area contributed by atoms with Crippen LogP contribution in [0.3, 0.4) is 0 Å². The lowest BCUT2D eigenvalue weighted by molar-refractivity contribution is -0.123. The summed E-state index contributed by atoms with van der Waals surface area (Å²) in [7, 11) is -3.06. The number of ether oxygens (including phenoxy) is 1. The van der Waals surface area contributed by atoms with E-state index in [0.29, 0.717) is 15.6 Å². The van der Waals surface area contributed by atoms with Gasteiger partial charge < -0.3 is 4.74 Å². The number of amides is 1. The van der Waals surface area contributed by atoms with Crippen molar-refractivity contribution in [2.45, 2.75) is 31.9 Å². The van der Waals surface area contributed by atoms with Gasteiger partial charge in [0.25, 0.3) is 5.91 Å². The van der Waals surface area contributed by atoms with Gasteiger partial charge in [-0.15, -0.1) is 0 Å². The average molecular weight is 396 g/mol. The van der Waals surface area contributed by atoms with Crippen LogP contribution in [0, 0.1) is 0 Å². The van der Waals surface area contributed by atoms with Crippen molar-refractivity contribution in [2.75, 3.05) is 11.5 Å². The molecule has 0 spiro atoms. The molecular weight excluding hydrogens is 378 g/mol. The molecule has 0 bridgehead atoms. The molecule has 0 saturated carbocycles. The average Bonchev–Trinajstić information content (AvgIpc) is 3.15. The SMILES string of the molecule is CC1Cc2cc(C=C3SC(=S)N(C4CCS(=O)(=O)C4)C3=O)ccc2O1. The number of hydrogen-bond acceptors (Lipinski definition) is 6. The van der Waals surface area contributed by atoms with E-state index in [1.165, 1.54) is 16.7 Å². The maximum atomic E-state index is 12.7. The Morgan fingerprint density at radius 1 is 1.40 bits per heavy atom. The summed E-state index contributed by atoms with van der Waals surface area (Å²) in [5.74, 6) is 0.827. The predicted octanol–water partition coefficient (Wildman–Crippen LogP) is 2.40. The van der Waals surface area contributed by atoms with Crippen molar-refractivity contribution in [3.8, 4) is 5.75 Å². The molecule has 3 heterocycles. The maximum Gasteiger partial charge on any atom is 0.266 e. The van der Waals surface area contributed by atoms with E-state index in [2.05, 4.69) is 0 Å². The third-order valence-electron chi connectivity index (χ3n) is 4.61. The summed E-state index contributed by atoms with van der Waals surface area (Å²) in [6, 6.07) is 5.54. The van der Waals surface area contributed by atoms with E-state index in [4.69, 9.17) is 17.0 Å². The quantitative estimate of drug-likeness (QED) is 0.566. The number of benzene rings is 1. The molecule has 0 aromatic heterocycles. The first-order chi connectivity index (χ1) is 11.8. The zero-order chi connectivity index (χ0) is 17.8. The molecule has 3 aliphatic rings. The molecular formula is C17H17NO4S3. The Morgan fingerprint density at radius 2 is 2.20 bits per heavy atom. The standard InChI is InChI=1S/C17H17NO4S3/c1-10-6-12-7-11(2-3-14(12)22-10)8-15-16(19)18(17(23)24-15)13-4-5-25(20,21)9-13/h2-3,7-8,10,13H,4-6,9H2,1H3. The minimum absolute atomic E-state index is 0.000786. The highest BCUT2D eigenvalue weighted by atomic mass is 32.2. The van der Waals surface area contributed by atoms with Crippen LogP contribution in [0.15, 0.2) is 23.1 Å². The van der Waals surface area contributed by atoms with Gasteiger partial charge in [-0.1, -0.05) is 30.0 Å². The van der Waals surface area contributed by atoms with Gasteiger partial charge in [0.15, 0.2) is 9.84 Å². The smallest absolute Gasteiger partial charge is 0.266 e. The first kappa shape index (κ1) is 17.1. The number of nitrogens with zero attached hydrogens (tertiary/aromatic N) is 1. The molecule has 132 valence electrons. The molecule has 1 amide bonds. The summed E-state index contributed by atoms with van der Waals surface area (Å²) in [6.07, 6.45) is 3.31. The van der Waals surface area contributed by atoms with Gasteiger partial charge in [0, 0.05) is 6.42 Å². The fourth-order valence-corrected chi connectivity index (χ4v) is 6.56. The first-order valence-electron chi connectivity index (χ1n) is 8.09. The molecule has 2 fully saturated rings. The highest BCUT2D eigenvalue weighted by Crippen LogP contribution is 2.37. The maximum absolute atomic E-state index is 12.7. The Kier molecular flexibility index (Phi) is 4.16. The Balaban J connectivity index is 1.58. The second kappa shape index (κ2) is 6.10. The molecule has 3 aliphatic heterocycles. The van der Waals surface area contributed by atoms with Crippen LogP contribution in [0.25, 0.3) is 6.08 Å². The lowest BCUT2D eigenvalue weighted by Gasteiger charge is -2.20. The molecule has 1 aromatic carbocycles. The van der Waals surface area contributed by atoms with E-state index in [0.717, 1.165) is 23.3 Å². The summed E-state index contributed by atoms with van der Waals surface area (Å²) in [4.78, 5) is 14.8. The van der Waals surface area contributed by atoms with Gasteiger partial charge in [0.2, 0.25) is 0 Å². The summed E-state index contributed by atoms with van der Waals surface area (Å²) >= 11 is 6.57. The van der Waals surface area contributed by atoms with Crippen molar-refractivity contribution in [1.29, 1.82) is 0 Å². The number of carbonyl (C=O) groups excluding carboxylic acids is 1. The van der Waals surface area contributed by atoms with Gasteiger partial charge in [-0.2, -0.15) is 0 Å². The van der Waals surface area contributed by atoms with Crippen molar-refractivity contribution in [2.24, 2.45) is 0 Å². The molecule has 4 rings (SSSR count). The molecule has 0 aliphatic carbocycles. The number of sulfone groups is 1. The lowest BCUT2D eigenvalue weighted by Crippen LogP contribution is -2.39. The van der Waals surface area contributed by atoms with Crippen molar-refractivity contribution < 1.29 is 17.9 Å². The first-order valence-corrected chi connectivity index (χ1v) is 11.1. The van der Waals surface area contributed by atoms with E-state index in [1.807, 2.05) is 31.2 Å². The Bertz CT molecular complexity index is 906. The summed E-state index contributed by atoms with van der Waals surface area (Å²) < 4.78 is 29.5. The fourth-order valence-electron chi connectivity index (χ4n) is 3.46.